The first kappa shape index (κ1) is 11.7. The number of hydrogen-bond donors (Lipinski definition) is 1. The number of fused-ring (bicyclic) bond motifs is 1. The number of hydrogen-bond acceptors (Lipinski definition) is 2. The third kappa shape index (κ3) is 1.91. The van der Waals surface area contributed by atoms with E-state index in [9.17, 15) is 0 Å². The van der Waals surface area contributed by atoms with Gasteiger partial charge in [-0.2, -0.15) is 0 Å². The molecule has 2 N–H and O–H groups in total. The van der Waals surface area contributed by atoms with Crippen molar-refractivity contribution in [2.75, 3.05) is 0 Å². The molecule has 0 radical (unpaired) electrons. The zero-order valence-corrected chi connectivity index (χ0v) is 10.9. The predicted octanol–water partition coefficient (Wildman–Crippen LogP) is 3.60. The third-order valence-electron chi connectivity index (χ3n) is 4.21. The van der Waals surface area contributed by atoms with Crippen molar-refractivity contribution in [3.63, 3.8) is 0 Å². The quantitative estimate of drug-likeness (QED) is 0.827. The molecule has 94 valence electrons. The fourth-order valence-corrected chi connectivity index (χ4v) is 3.37. The molecule has 2 nitrogen and oxygen atoms in total. The molecule has 2 heteroatoms. The molecule has 1 aliphatic rings. The summed E-state index contributed by atoms with van der Waals surface area (Å²) in [4.78, 5) is 4.43. The largest absolute Gasteiger partial charge is 0.321 e. The van der Waals surface area contributed by atoms with Crippen molar-refractivity contribution in [1.29, 1.82) is 0 Å². The van der Waals surface area contributed by atoms with Crippen LogP contribution in [0.2, 0.25) is 0 Å². The van der Waals surface area contributed by atoms with Gasteiger partial charge in [0, 0.05) is 17.1 Å². The van der Waals surface area contributed by atoms with Crippen LogP contribution < -0.4 is 5.73 Å². The van der Waals surface area contributed by atoms with Crippen molar-refractivity contribution < 1.29 is 0 Å². The number of aromatic nitrogens is 1. The molecule has 1 aromatic heterocycles. The Balaban J connectivity index is 2.13. The first-order chi connectivity index (χ1) is 8.69. The van der Waals surface area contributed by atoms with E-state index in [2.05, 4.69) is 36.2 Å². The van der Waals surface area contributed by atoms with Crippen LogP contribution in [-0.4, -0.2) is 4.98 Å². The standard InChI is InChI=1S/C16H20N2/c1-12-5-3-9-16(17,11-12)14-7-2-8-15-13(14)6-4-10-18-15/h2,4,6-8,10,12H,3,5,9,11,17H2,1H3. The Bertz CT molecular complexity index is 559. The fraction of sp³-hybridized carbons (Fsp3) is 0.438. The summed E-state index contributed by atoms with van der Waals surface area (Å²) < 4.78 is 0. The highest BCUT2D eigenvalue weighted by Crippen LogP contribution is 2.40. The van der Waals surface area contributed by atoms with Crippen molar-refractivity contribution in [2.45, 2.75) is 38.1 Å². The second-order valence-corrected chi connectivity index (χ2v) is 5.73. The van der Waals surface area contributed by atoms with E-state index in [1.54, 1.807) is 0 Å². The van der Waals surface area contributed by atoms with Crippen LogP contribution in [0.4, 0.5) is 0 Å². The van der Waals surface area contributed by atoms with Gasteiger partial charge < -0.3 is 5.73 Å². The first-order valence-electron chi connectivity index (χ1n) is 6.82. The Hall–Kier alpha value is -1.41. The molecular weight excluding hydrogens is 220 g/mol. The van der Waals surface area contributed by atoms with Gasteiger partial charge in [0.2, 0.25) is 0 Å². The van der Waals surface area contributed by atoms with Gasteiger partial charge in [-0.05, 0) is 36.5 Å². The maximum atomic E-state index is 6.71. The summed E-state index contributed by atoms with van der Waals surface area (Å²) >= 11 is 0. The van der Waals surface area contributed by atoms with Crippen molar-refractivity contribution in [3.8, 4) is 0 Å². The van der Waals surface area contributed by atoms with Crippen molar-refractivity contribution in [3.05, 3.63) is 42.1 Å². The lowest BCUT2D eigenvalue weighted by Crippen LogP contribution is -2.41. The molecule has 1 saturated carbocycles. The Labute approximate surface area is 108 Å². The minimum Gasteiger partial charge on any atom is -0.321 e. The van der Waals surface area contributed by atoms with Gasteiger partial charge >= 0.3 is 0 Å². The van der Waals surface area contributed by atoms with Crippen LogP contribution in [0.15, 0.2) is 36.5 Å². The maximum absolute atomic E-state index is 6.71. The van der Waals surface area contributed by atoms with E-state index < -0.39 is 0 Å². The van der Waals surface area contributed by atoms with Crippen LogP contribution in [-0.2, 0) is 5.54 Å². The van der Waals surface area contributed by atoms with E-state index in [4.69, 9.17) is 5.73 Å². The van der Waals surface area contributed by atoms with Crippen LogP contribution in [0, 0.1) is 5.92 Å². The molecule has 1 fully saturated rings. The average molecular weight is 240 g/mol. The lowest BCUT2D eigenvalue weighted by Gasteiger charge is -2.38. The van der Waals surface area contributed by atoms with Gasteiger partial charge in [-0.3, -0.25) is 4.98 Å². The molecule has 18 heavy (non-hydrogen) atoms. The van der Waals surface area contributed by atoms with Crippen LogP contribution in [0.1, 0.15) is 38.2 Å². The predicted molar refractivity (Wildman–Crippen MR) is 75.2 cm³/mol. The second-order valence-electron chi connectivity index (χ2n) is 5.73. The molecule has 2 unspecified atom stereocenters. The van der Waals surface area contributed by atoms with E-state index in [1.165, 1.54) is 23.8 Å². The highest BCUT2D eigenvalue weighted by molar-refractivity contribution is 5.83. The van der Waals surface area contributed by atoms with Crippen LogP contribution in [0.25, 0.3) is 10.9 Å². The number of rotatable bonds is 1. The Morgan fingerprint density at radius 1 is 1.28 bits per heavy atom. The lowest BCUT2D eigenvalue weighted by molar-refractivity contribution is 0.241. The molecule has 0 spiro atoms. The van der Waals surface area contributed by atoms with E-state index in [-0.39, 0.29) is 5.54 Å². The Morgan fingerprint density at radius 3 is 3.00 bits per heavy atom. The number of nitrogens with zero attached hydrogens (tertiary/aromatic N) is 1. The van der Waals surface area contributed by atoms with Crippen molar-refractivity contribution >= 4 is 10.9 Å². The van der Waals surface area contributed by atoms with Crippen LogP contribution in [0.5, 0.6) is 0 Å². The highest BCUT2D eigenvalue weighted by atomic mass is 14.8. The fourth-order valence-electron chi connectivity index (χ4n) is 3.37. The van der Waals surface area contributed by atoms with Gasteiger partial charge in [0.05, 0.1) is 5.52 Å². The molecule has 0 amide bonds. The Kier molecular flexibility index (Phi) is 2.83. The molecule has 3 rings (SSSR count). The van der Waals surface area contributed by atoms with Gasteiger partial charge in [0.25, 0.3) is 0 Å². The summed E-state index contributed by atoms with van der Waals surface area (Å²) in [5.74, 6) is 0.718. The normalized spacial score (nSPS) is 28.4. The van der Waals surface area contributed by atoms with E-state index in [0.29, 0.717) is 0 Å². The number of nitrogens with two attached hydrogens (primary N) is 1. The van der Waals surface area contributed by atoms with Crippen LogP contribution >= 0.6 is 0 Å². The molecule has 0 aliphatic heterocycles. The summed E-state index contributed by atoms with van der Waals surface area (Å²) in [6, 6.07) is 10.5. The lowest BCUT2D eigenvalue weighted by atomic mass is 9.72. The molecule has 1 aliphatic carbocycles. The number of pyridine rings is 1. The maximum Gasteiger partial charge on any atom is 0.0705 e. The zero-order chi connectivity index (χ0) is 12.6. The molecular formula is C16H20N2. The zero-order valence-electron chi connectivity index (χ0n) is 10.9. The monoisotopic (exact) mass is 240 g/mol. The molecule has 1 heterocycles. The SMILES string of the molecule is CC1CCCC(N)(c2cccc3ncccc23)C1. The summed E-state index contributed by atoms with van der Waals surface area (Å²) in [5, 5.41) is 1.22. The molecule has 0 saturated heterocycles. The van der Waals surface area contributed by atoms with E-state index >= 15 is 0 Å². The summed E-state index contributed by atoms with van der Waals surface area (Å²) in [7, 11) is 0. The molecule has 2 aromatic rings. The van der Waals surface area contributed by atoms with Crippen molar-refractivity contribution in [1.82, 2.24) is 4.98 Å². The smallest absolute Gasteiger partial charge is 0.0705 e. The minimum atomic E-state index is -0.166. The summed E-state index contributed by atoms with van der Waals surface area (Å²) in [6.45, 7) is 2.31. The van der Waals surface area contributed by atoms with Gasteiger partial charge in [0.15, 0.2) is 0 Å². The van der Waals surface area contributed by atoms with E-state index in [0.717, 1.165) is 24.3 Å². The summed E-state index contributed by atoms with van der Waals surface area (Å²) in [5.41, 5.74) is 8.87. The van der Waals surface area contributed by atoms with Crippen LogP contribution in [0.3, 0.4) is 0 Å². The minimum absolute atomic E-state index is 0.166. The highest BCUT2D eigenvalue weighted by Gasteiger charge is 2.33. The van der Waals surface area contributed by atoms with E-state index in [1.807, 2.05) is 12.3 Å². The molecule has 0 bridgehead atoms. The van der Waals surface area contributed by atoms with Gasteiger partial charge in [0.1, 0.15) is 0 Å². The third-order valence-corrected chi connectivity index (χ3v) is 4.21. The molecule has 2 atom stereocenters. The Morgan fingerprint density at radius 2 is 2.17 bits per heavy atom. The number of benzene rings is 1. The second kappa shape index (κ2) is 4.36. The topological polar surface area (TPSA) is 38.9 Å². The first-order valence-corrected chi connectivity index (χ1v) is 6.82. The molecule has 1 aromatic carbocycles. The van der Waals surface area contributed by atoms with Gasteiger partial charge in [-0.1, -0.05) is 38.0 Å². The van der Waals surface area contributed by atoms with Gasteiger partial charge in [-0.25, -0.2) is 0 Å². The summed E-state index contributed by atoms with van der Waals surface area (Å²) in [6.07, 6.45) is 6.56. The van der Waals surface area contributed by atoms with Crippen molar-refractivity contribution in [2.24, 2.45) is 11.7 Å². The van der Waals surface area contributed by atoms with Gasteiger partial charge in [-0.15, -0.1) is 0 Å². The average Bonchev–Trinajstić information content (AvgIpc) is 2.38.